The number of amides is 1. The van der Waals surface area contributed by atoms with Crippen LogP contribution in [0.5, 0.6) is 0 Å². The summed E-state index contributed by atoms with van der Waals surface area (Å²) in [4.78, 5) is 24.7. The van der Waals surface area contributed by atoms with Crippen molar-refractivity contribution in [3.05, 3.63) is 24.3 Å². The number of allylic oxidation sites excluding steroid dienone is 4. The Bertz CT molecular complexity index is 1480. The monoisotopic (exact) mass is 1320 g/mol. The lowest BCUT2D eigenvalue weighted by molar-refractivity contribution is -0.143. The molecule has 0 aromatic heterocycles. The van der Waals surface area contributed by atoms with Gasteiger partial charge in [0.2, 0.25) is 5.91 Å². The minimum atomic E-state index is -0.663. The average Bonchev–Trinajstić information content (AvgIpc) is 3.68. The Labute approximate surface area is 590 Å². The first-order valence-electron chi connectivity index (χ1n) is 43.6. The van der Waals surface area contributed by atoms with E-state index in [9.17, 15) is 19.8 Å². The normalized spacial score (nSPS) is 12.5. The van der Waals surface area contributed by atoms with Crippen LogP contribution >= 0.6 is 0 Å². The number of hydrogen-bond acceptors (Lipinski definition) is 5. The van der Waals surface area contributed by atoms with Gasteiger partial charge < -0.3 is 20.3 Å². The molecule has 0 spiro atoms. The van der Waals surface area contributed by atoms with E-state index in [2.05, 4.69) is 43.5 Å². The second-order valence-electron chi connectivity index (χ2n) is 30.2. The summed E-state index contributed by atoms with van der Waals surface area (Å²) in [5, 5.41) is 23.5. The zero-order valence-electron chi connectivity index (χ0n) is 64.2. The maximum absolute atomic E-state index is 12.6. The van der Waals surface area contributed by atoms with Crippen LogP contribution in [0.2, 0.25) is 0 Å². The number of ether oxygens (including phenoxy) is 1. The first-order valence-corrected chi connectivity index (χ1v) is 43.6. The van der Waals surface area contributed by atoms with Crippen LogP contribution in [0.15, 0.2) is 24.3 Å². The van der Waals surface area contributed by atoms with E-state index >= 15 is 0 Å². The third-order valence-electron chi connectivity index (χ3n) is 20.7. The van der Waals surface area contributed by atoms with Crippen molar-refractivity contribution in [2.24, 2.45) is 0 Å². The Morgan fingerprint density at radius 2 is 0.500 bits per heavy atom. The quantitative estimate of drug-likeness (QED) is 0.0320. The third-order valence-corrected chi connectivity index (χ3v) is 20.7. The molecule has 0 saturated heterocycles. The summed E-state index contributed by atoms with van der Waals surface area (Å²) in [7, 11) is 0. The molecular formula is C88H171NO5. The van der Waals surface area contributed by atoms with Gasteiger partial charge in [-0.15, -0.1) is 0 Å². The van der Waals surface area contributed by atoms with Gasteiger partial charge in [0.1, 0.15) is 0 Å². The molecule has 0 heterocycles. The zero-order chi connectivity index (χ0) is 67.7. The molecule has 0 aliphatic rings. The Kier molecular flexibility index (Phi) is 82.3. The van der Waals surface area contributed by atoms with E-state index in [-0.39, 0.29) is 18.5 Å². The molecule has 94 heavy (non-hydrogen) atoms. The summed E-state index contributed by atoms with van der Waals surface area (Å²) in [5.74, 6) is -0.00646. The van der Waals surface area contributed by atoms with E-state index in [1.807, 2.05) is 0 Å². The molecule has 0 aromatic carbocycles. The lowest BCUT2D eigenvalue weighted by Gasteiger charge is -2.22. The van der Waals surface area contributed by atoms with Crippen LogP contribution < -0.4 is 5.32 Å². The summed E-state index contributed by atoms with van der Waals surface area (Å²) in [6, 6.07) is -0.540. The maximum Gasteiger partial charge on any atom is 0.305 e. The largest absolute Gasteiger partial charge is 0.466 e. The molecule has 2 unspecified atom stereocenters. The van der Waals surface area contributed by atoms with Gasteiger partial charge in [-0.25, -0.2) is 0 Å². The van der Waals surface area contributed by atoms with Crippen molar-refractivity contribution < 1.29 is 24.5 Å². The molecule has 0 radical (unpaired) electrons. The van der Waals surface area contributed by atoms with Crippen LogP contribution in [0.1, 0.15) is 502 Å². The average molecular weight is 1320 g/mol. The van der Waals surface area contributed by atoms with Crippen molar-refractivity contribution >= 4 is 11.9 Å². The zero-order valence-corrected chi connectivity index (χ0v) is 64.2. The minimum absolute atomic E-state index is 0.0186. The summed E-state index contributed by atoms with van der Waals surface area (Å²) in [6.07, 6.45) is 109. The highest BCUT2D eigenvalue weighted by atomic mass is 16.5. The van der Waals surface area contributed by atoms with Gasteiger partial charge in [0, 0.05) is 12.8 Å². The fourth-order valence-corrected chi connectivity index (χ4v) is 14.1. The lowest BCUT2D eigenvalue weighted by Crippen LogP contribution is -2.45. The lowest BCUT2D eigenvalue weighted by atomic mass is 10.0. The first-order chi connectivity index (χ1) is 46.5. The summed E-state index contributed by atoms with van der Waals surface area (Å²) in [6.45, 7) is 5.01. The highest BCUT2D eigenvalue weighted by molar-refractivity contribution is 5.76. The van der Waals surface area contributed by atoms with Gasteiger partial charge in [-0.3, -0.25) is 9.59 Å². The van der Waals surface area contributed by atoms with E-state index in [0.717, 1.165) is 44.9 Å². The van der Waals surface area contributed by atoms with Crippen LogP contribution in [0, 0.1) is 0 Å². The molecule has 3 N–H and O–H groups in total. The fourth-order valence-electron chi connectivity index (χ4n) is 14.1. The SMILES string of the molecule is CCCCCCCCC/C=C\CCCCCCCCCC(=O)OCCCCCCCCCCCCCCCC/C=C\CCCCCCCCCCCCCCCCCCCC(=O)NC(CO)C(O)CCCCCCCCCCCCCCCCCCCCCCCCCC. The molecule has 6 heteroatoms. The number of nitrogens with one attached hydrogen (secondary N) is 1. The molecule has 1 amide bonds. The highest BCUT2D eigenvalue weighted by Crippen LogP contribution is 2.21. The van der Waals surface area contributed by atoms with Crippen LogP contribution in [-0.4, -0.2) is 47.4 Å². The predicted molar refractivity (Wildman–Crippen MR) is 417 cm³/mol. The maximum atomic E-state index is 12.6. The van der Waals surface area contributed by atoms with Gasteiger partial charge in [0.05, 0.1) is 25.4 Å². The first kappa shape index (κ1) is 92.3. The molecule has 0 bridgehead atoms. The second-order valence-corrected chi connectivity index (χ2v) is 30.2. The van der Waals surface area contributed by atoms with E-state index in [4.69, 9.17) is 4.74 Å². The number of carbonyl (C=O) groups is 2. The van der Waals surface area contributed by atoms with E-state index in [0.29, 0.717) is 25.9 Å². The standard InChI is InChI=1S/C88H171NO5/c1-3-5-7-9-11-13-15-17-19-21-23-24-25-39-42-45-48-52-56-60-64-68-72-76-80-86(91)85(84-90)89-87(92)81-77-73-69-65-61-57-53-49-46-43-40-37-35-33-31-29-27-26-28-30-32-34-36-38-41-44-47-51-55-59-63-67-71-75-79-83-94-88(93)82-78-74-70-66-62-58-54-50-22-20-18-16-14-12-10-8-6-4-2/h20,22,28,30,85-86,90-91H,3-19,21,23-27,29,31-84H2,1-2H3,(H,89,92)/b22-20-,30-28-. The molecule has 0 fully saturated rings. The highest BCUT2D eigenvalue weighted by Gasteiger charge is 2.20. The number of aliphatic hydroxyl groups excluding tert-OH is 2. The number of esters is 1. The number of hydrogen-bond donors (Lipinski definition) is 3. The van der Waals surface area contributed by atoms with Crippen LogP contribution in [0.4, 0.5) is 0 Å². The van der Waals surface area contributed by atoms with E-state index in [1.54, 1.807) is 0 Å². The number of aliphatic hydroxyl groups is 2. The second kappa shape index (κ2) is 83.8. The van der Waals surface area contributed by atoms with Gasteiger partial charge >= 0.3 is 5.97 Å². The Balaban J connectivity index is 3.34. The van der Waals surface area contributed by atoms with Crippen molar-refractivity contribution in [2.75, 3.05) is 13.2 Å². The Morgan fingerprint density at radius 1 is 0.287 bits per heavy atom. The fraction of sp³-hybridized carbons (Fsp3) is 0.932. The van der Waals surface area contributed by atoms with Gasteiger partial charge in [-0.2, -0.15) is 0 Å². The molecule has 0 aromatic rings. The molecule has 558 valence electrons. The van der Waals surface area contributed by atoms with Crippen molar-refractivity contribution in [2.45, 2.75) is 514 Å². The third kappa shape index (κ3) is 79.3. The van der Waals surface area contributed by atoms with E-state index < -0.39 is 12.1 Å². The van der Waals surface area contributed by atoms with Crippen molar-refractivity contribution in [1.29, 1.82) is 0 Å². The predicted octanol–water partition coefficient (Wildman–Crippen LogP) is 29.2. The number of unbranched alkanes of at least 4 members (excludes halogenated alkanes) is 68. The van der Waals surface area contributed by atoms with Crippen molar-refractivity contribution in [1.82, 2.24) is 5.32 Å². The van der Waals surface area contributed by atoms with Crippen molar-refractivity contribution in [3.63, 3.8) is 0 Å². The van der Waals surface area contributed by atoms with Gasteiger partial charge in [-0.1, -0.05) is 436 Å². The molecule has 0 aliphatic heterocycles. The van der Waals surface area contributed by atoms with Crippen LogP contribution in [0.3, 0.4) is 0 Å². The molecular weight excluding hydrogens is 1150 g/mol. The minimum Gasteiger partial charge on any atom is -0.466 e. The number of carbonyl (C=O) groups excluding carboxylic acids is 2. The molecule has 2 atom stereocenters. The van der Waals surface area contributed by atoms with Gasteiger partial charge in [0.25, 0.3) is 0 Å². The smallest absolute Gasteiger partial charge is 0.305 e. The summed E-state index contributed by atoms with van der Waals surface area (Å²) < 4.78 is 5.52. The molecule has 6 nitrogen and oxygen atoms in total. The van der Waals surface area contributed by atoms with Crippen molar-refractivity contribution in [3.8, 4) is 0 Å². The molecule has 0 saturated carbocycles. The van der Waals surface area contributed by atoms with Crippen LogP contribution in [-0.2, 0) is 14.3 Å². The number of rotatable bonds is 83. The van der Waals surface area contributed by atoms with E-state index in [1.165, 1.54) is 424 Å². The summed E-state index contributed by atoms with van der Waals surface area (Å²) in [5.41, 5.74) is 0. The van der Waals surface area contributed by atoms with Crippen LogP contribution in [0.25, 0.3) is 0 Å². The summed E-state index contributed by atoms with van der Waals surface area (Å²) >= 11 is 0. The molecule has 0 rings (SSSR count). The Morgan fingerprint density at radius 3 is 0.755 bits per heavy atom. The Hall–Kier alpha value is -1.66. The topological polar surface area (TPSA) is 95.9 Å². The van der Waals surface area contributed by atoms with Gasteiger partial charge in [0.15, 0.2) is 0 Å². The molecule has 0 aliphatic carbocycles. The van der Waals surface area contributed by atoms with Gasteiger partial charge in [-0.05, 0) is 77.0 Å².